The minimum Gasteiger partial charge on any atom is -0.449 e. The van der Waals surface area contributed by atoms with Crippen molar-refractivity contribution in [1.29, 1.82) is 0 Å². The van der Waals surface area contributed by atoms with E-state index in [1.54, 1.807) is 4.90 Å². The molecule has 1 aromatic rings. The third-order valence-corrected chi connectivity index (χ3v) is 4.25. The molecule has 1 N–H and O–H groups in total. The van der Waals surface area contributed by atoms with Gasteiger partial charge in [-0.3, -0.25) is 4.79 Å². The third kappa shape index (κ3) is 2.88. The van der Waals surface area contributed by atoms with Gasteiger partial charge < -0.3 is 15.0 Å². The number of rotatable bonds is 1. The van der Waals surface area contributed by atoms with Crippen LogP contribution in [0.1, 0.15) is 17.5 Å². The first kappa shape index (κ1) is 14.3. The molecule has 1 aromatic carbocycles. The highest BCUT2D eigenvalue weighted by atomic mass is 79.9. The molecule has 112 valence electrons. The fraction of sp³-hybridized carbons (Fsp3) is 0.429. The quantitative estimate of drug-likeness (QED) is 0.836. The van der Waals surface area contributed by atoms with Crippen LogP contribution >= 0.6 is 15.9 Å². The Hall–Kier alpha value is -1.63. The number of nitrogens with one attached hydrogen (secondary N) is 1. The number of fused-ring (bicyclic) bond motifs is 1. The molecule has 1 unspecified atom stereocenters. The molecule has 0 bridgehead atoms. The van der Waals surface area contributed by atoms with Crippen LogP contribution in [0.5, 0.6) is 0 Å². The Morgan fingerprint density at radius 2 is 2.29 bits per heavy atom. The fourth-order valence-electron chi connectivity index (χ4n) is 2.70. The van der Waals surface area contributed by atoms with Gasteiger partial charge in [0.05, 0.1) is 6.61 Å². The molecular formula is C14H14BrFN2O3. The predicted molar refractivity (Wildman–Crippen MR) is 76.1 cm³/mol. The van der Waals surface area contributed by atoms with E-state index in [-0.39, 0.29) is 24.9 Å². The highest BCUT2D eigenvalue weighted by Gasteiger charge is 2.32. The molecule has 0 radical (unpaired) electrons. The Balaban J connectivity index is 1.76. The summed E-state index contributed by atoms with van der Waals surface area (Å²) in [6.45, 7) is 0.990. The summed E-state index contributed by atoms with van der Waals surface area (Å²) in [5.41, 5.74) is 1.47. The molecule has 3 rings (SSSR count). The summed E-state index contributed by atoms with van der Waals surface area (Å²) in [5.74, 6) is -0.493. The van der Waals surface area contributed by atoms with Crippen LogP contribution in [0.2, 0.25) is 0 Å². The van der Waals surface area contributed by atoms with Gasteiger partial charge in [0.2, 0.25) is 5.91 Å². The number of ether oxygens (including phenoxy) is 1. The lowest BCUT2D eigenvalue weighted by Gasteiger charge is -2.33. The lowest BCUT2D eigenvalue weighted by atomic mass is 9.98. The zero-order chi connectivity index (χ0) is 15.0. The largest absolute Gasteiger partial charge is 0.449 e. The Morgan fingerprint density at radius 3 is 3.05 bits per heavy atom. The molecule has 0 spiro atoms. The maximum Gasteiger partial charge on any atom is 0.407 e. The van der Waals surface area contributed by atoms with E-state index in [9.17, 15) is 14.0 Å². The van der Waals surface area contributed by atoms with Crippen molar-refractivity contribution in [2.75, 3.05) is 13.2 Å². The van der Waals surface area contributed by atoms with Crippen LogP contribution in [0.25, 0.3) is 0 Å². The van der Waals surface area contributed by atoms with Gasteiger partial charge in [-0.2, -0.15) is 0 Å². The topological polar surface area (TPSA) is 58.6 Å². The molecule has 2 aliphatic heterocycles. The smallest absolute Gasteiger partial charge is 0.407 e. The van der Waals surface area contributed by atoms with E-state index in [0.29, 0.717) is 29.4 Å². The van der Waals surface area contributed by atoms with Crippen molar-refractivity contribution in [1.82, 2.24) is 10.2 Å². The zero-order valence-electron chi connectivity index (χ0n) is 11.2. The molecule has 0 aromatic heterocycles. The number of benzene rings is 1. The molecule has 1 fully saturated rings. The van der Waals surface area contributed by atoms with Crippen LogP contribution in [-0.2, 0) is 22.5 Å². The van der Waals surface area contributed by atoms with E-state index in [4.69, 9.17) is 4.74 Å². The Kier molecular flexibility index (Phi) is 3.84. The van der Waals surface area contributed by atoms with Crippen LogP contribution in [-0.4, -0.2) is 36.1 Å². The van der Waals surface area contributed by atoms with Crippen molar-refractivity contribution < 1.29 is 18.7 Å². The summed E-state index contributed by atoms with van der Waals surface area (Å²) < 4.78 is 19.5. The summed E-state index contributed by atoms with van der Waals surface area (Å²) in [4.78, 5) is 25.2. The SMILES string of the molecule is O=C1NC(C(=O)N2CCc3cc(Br)cc(F)c3C2)CCO1. The van der Waals surface area contributed by atoms with E-state index in [2.05, 4.69) is 21.2 Å². The molecule has 1 saturated heterocycles. The normalized spacial score (nSPS) is 21.3. The first-order valence-electron chi connectivity index (χ1n) is 6.73. The maximum atomic E-state index is 14.0. The standard InChI is InChI=1S/C14H14BrFN2O3/c15-9-5-8-1-3-18(7-10(8)11(16)6-9)13(19)12-2-4-21-14(20)17-12/h5-6,12H,1-4,7H2,(H,17,20). The molecule has 21 heavy (non-hydrogen) atoms. The van der Waals surface area contributed by atoms with Crippen LogP contribution in [0.15, 0.2) is 16.6 Å². The molecule has 1 atom stereocenters. The Morgan fingerprint density at radius 1 is 1.48 bits per heavy atom. The first-order chi connectivity index (χ1) is 10.0. The van der Waals surface area contributed by atoms with E-state index >= 15 is 0 Å². The number of alkyl carbamates (subject to hydrolysis) is 1. The van der Waals surface area contributed by atoms with Gasteiger partial charge in [-0.1, -0.05) is 15.9 Å². The Bertz CT molecular complexity index is 608. The van der Waals surface area contributed by atoms with Gasteiger partial charge in [-0.05, 0) is 24.1 Å². The summed E-state index contributed by atoms with van der Waals surface area (Å²) >= 11 is 3.27. The molecule has 0 aliphatic carbocycles. The summed E-state index contributed by atoms with van der Waals surface area (Å²) in [5, 5.41) is 2.51. The average molecular weight is 357 g/mol. The second-order valence-electron chi connectivity index (χ2n) is 5.16. The number of halogens is 2. The van der Waals surface area contributed by atoms with Gasteiger partial charge >= 0.3 is 6.09 Å². The Labute approximate surface area is 129 Å². The van der Waals surface area contributed by atoms with Gasteiger partial charge in [0.25, 0.3) is 0 Å². The van der Waals surface area contributed by atoms with Crippen molar-refractivity contribution in [2.24, 2.45) is 0 Å². The fourth-order valence-corrected chi connectivity index (χ4v) is 3.18. The third-order valence-electron chi connectivity index (χ3n) is 3.79. The van der Waals surface area contributed by atoms with Crippen LogP contribution in [0.3, 0.4) is 0 Å². The van der Waals surface area contributed by atoms with Gasteiger partial charge in [0, 0.05) is 29.5 Å². The molecule has 0 saturated carbocycles. The van der Waals surface area contributed by atoms with Gasteiger partial charge in [-0.15, -0.1) is 0 Å². The second kappa shape index (κ2) is 5.63. The van der Waals surface area contributed by atoms with Gasteiger partial charge in [-0.25, -0.2) is 9.18 Å². The molecule has 2 heterocycles. The van der Waals surface area contributed by atoms with Crippen molar-refractivity contribution in [2.45, 2.75) is 25.4 Å². The van der Waals surface area contributed by atoms with Crippen LogP contribution in [0, 0.1) is 5.82 Å². The highest BCUT2D eigenvalue weighted by molar-refractivity contribution is 9.10. The molecule has 2 amide bonds. The number of carbonyl (C=O) groups excluding carboxylic acids is 2. The second-order valence-corrected chi connectivity index (χ2v) is 6.07. The van der Waals surface area contributed by atoms with Crippen molar-refractivity contribution in [3.8, 4) is 0 Å². The molecular weight excluding hydrogens is 343 g/mol. The van der Waals surface area contributed by atoms with E-state index < -0.39 is 12.1 Å². The van der Waals surface area contributed by atoms with Crippen molar-refractivity contribution in [3.05, 3.63) is 33.5 Å². The van der Waals surface area contributed by atoms with Crippen molar-refractivity contribution in [3.63, 3.8) is 0 Å². The first-order valence-corrected chi connectivity index (χ1v) is 7.53. The summed E-state index contributed by atoms with van der Waals surface area (Å²) in [6.07, 6.45) is 0.470. The molecule has 5 nitrogen and oxygen atoms in total. The maximum absolute atomic E-state index is 14.0. The van der Waals surface area contributed by atoms with Gasteiger partial charge in [0.1, 0.15) is 11.9 Å². The van der Waals surface area contributed by atoms with E-state index in [0.717, 1.165) is 5.56 Å². The average Bonchev–Trinajstić information content (AvgIpc) is 2.46. The lowest BCUT2D eigenvalue weighted by molar-refractivity contribution is -0.135. The number of carbonyl (C=O) groups is 2. The number of amides is 2. The molecule has 7 heteroatoms. The number of cyclic esters (lactones) is 1. The van der Waals surface area contributed by atoms with E-state index in [1.165, 1.54) is 6.07 Å². The summed E-state index contributed by atoms with van der Waals surface area (Å²) in [7, 11) is 0. The number of hydrogen-bond acceptors (Lipinski definition) is 3. The minimum atomic E-state index is -0.577. The lowest BCUT2D eigenvalue weighted by Crippen LogP contribution is -2.52. The highest BCUT2D eigenvalue weighted by Crippen LogP contribution is 2.26. The zero-order valence-corrected chi connectivity index (χ0v) is 12.8. The van der Waals surface area contributed by atoms with Crippen LogP contribution < -0.4 is 5.32 Å². The van der Waals surface area contributed by atoms with Crippen molar-refractivity contribution >= 4 is 27.9 Å². The summed E-state index contributed by atoms with van der Waals surface area (Å²) in [6, 6.07) is 2.71. The minimum absolute atomic E-state index is 0.181. The van der Waals surface area contributed by atoms with Gasteiger partial charge in [0.15, 0.2) is 0 Å². The number of nitrogens with zero attached hydrogens (tertiary/aromatic N) is 1. The van der Waals surface area contributed by atoms with Crippen LogP contribution in [0.4, 0.5) is 9.18 Å². The monoisotopic (exact) mass is 356 g/mol. The molecule has 2 aliphatic rings. The number of hydrogen-bond donors (Lipinski definition) is 1. The van der Waals surface area contributed by atoms with E-state index in [1.807, 2.05) is 6.07 Å². The predicted octanol–water partition coefficient (Wildman–Crippen LogP) is 1.97.